The van der Waals surface area contributed by atoms with Crippen molar-refractivity contribution in [2.24, 2.45) is 0 Å². The van der Waals surface area contributed by atoms with Crippen molar-refractivity contribution in [1.29, 1.82) is 0 Å². The summed E-state index contributed by atoms with van der Waals surface area (Å²) in [5.41, 5.74) is 0.333. The van der Waals surface area contributed by atoms with E-state index in [1.54, 1.807) is 12.1 Å². The highest BCUT2D eigenvalue weighted by atomic mass is 32.2. The maximum Gasteiger partial charge on any atom is 0.449 e. The molecule has 1 aromatic carbocycles. The summed E-state index contributed by atoms with van der Waals surface area (Å²) < 4.78 is 63.0. The first kappa shape index (κ1) is 16.7. The number of halogens is 3. The Kier molecular flexibility index (Phi) is 4.02. The lowest BCUT2D eigenvalue weighted by Gasteiger charge is -2.14. The first-order valence-electron chi connectivity index (χ1n) is 7.18. The molecule has 1 saturated heterocycles. The van der Waals surface area contributed by atoms with Crippen LogP contribution in [0.3, 0.4) is 0 Å². The number of para-hydroxylation sites is 2. The number of nitrogens with zero attached hydrogens (tertiary/aromatic N) is 2. The Labute approximate surface area is 135 Å². The van der Waals surface area contributed by atoms with Crippen LogP contribution in [0.5, 0.6) is 0 Å². The number of carbonyl (C=O) groups excluding carboxylic acids is 1. The topological polar surface area (TPSA) is 81.1 Å². The van der Waals surface area contributed by atoms with Crippen molar-refractivity contribution in [2.45, 2.75) is 25.2 Å². The SMILES string of the molecule is O=C(Cn1c(C(F)(F)F)nc2ccccc21)NC1CCS(=O)(=O)C1. The zero-order chi connectivity index (χ0) is 17.5. The van der Waals surface area contributed by atoms with E-state index in [1.165, 1.54) is 12.1 Å². The van der Waals surface area contributed by atoms with Crippen molar-refractivity contribution in [1.82, 2.24) is 14.9 Å². The van der Waals surface area contributed by atoms with Gasteiger partial charge >= 0.3 is 6.18 Å². The molecule has 10 heteroatoms. The number of sulfone groups is 1. The van der Waals surface area contributed by atoms with Crippen molar-refractivity contribution >= 4 is 26.8 Å². The summed E-state index contributed by atoms with van der Waals surface area (Å²) in [6.45, 7) is -0.577. The second-order valence-electron chi connectivity index (χ2n) is 5.68. The van der Waals surface area contributed by atoms with Crippen LogP contribution in [0.4, 0.5) is 13.2 Å². The summed E-state index contributed by atoms with van der Waals surface area (Å²) >= 11 is 0. The molecule has 24 heavy (non-hydrogen) atoms. The molecular weight excluding hydrogens is 347 g/mol. The summed E-state index contributed by atoms with van der Waals surface area (Å²) in [6.07, 6.45) is -4.43. The molecule has 1 unspecified atom stereocenters. The third kappa shape index (κ3) is 3.37. The Morgan fingerprint density at radius 3 is 2.67 bits per heavy atom. The summed E-state index contributed by atoms with van der Waals surface area (Å²) in [4.78, 5) is 15.6. The van der Waals surface area contributed by atoms with Crippen LogP contribution in [0.2, 0.25) is 0 Å². The maximum absolute atomic E-state index is 13.1. The van der Waals surface area contributed by atoms with Crippen LogP contribution in [0.15, 0.2) is 24.3 Å². The van der Waals surface area contributed by atoms with E-state index in [4.69, 9.17) is 0 Å². The van der Waals surface area contributed by atoms with Crippen LogP contribution in [-0.2, 0) is 27.4 Å². The van der Waals surface area contributed by atoms with Gasteiger partial charge in [0, 0.05) is 6.04 Å². The Morgan fingerprint density at radius 2 is 2.04 bits per heavy atom. The molecule has 1 atom stereocenters. The largest absolute Gasteiger partial charge is 0.449 e. The van der Waals surface area contributed by atoms with Crippen LogP contribution >= 0.6 is 0 Å². The normalized spacial score (nSPS) is 20.4. The van der Waals surface area contributed by atoms with E-state index >= 15 is 0 Å². The highest BCUT2D eigenvalue weighted by Gasteiger charge is 2.38. The molecule has 6 nitrogen and oxygen atoms in total. The van der Waals surface area contributed by atoms with Crippen LogP contribution in [-0.4, -0.2) is 41.4 Å². The fourth-order valence-electron chi connectivity index (χ4n) is 2.78. The molecule has 0 saturated carbocycles. The fraction of sp³-hybridized carbons (Fsp3) is 0.429. The molecule has 0 spiro atoms. The Morgan fingerprint density at radius 1 is 1.33 bits per heavy atom. The molecule has 1 aromatic heterocycles. The highest BCUT2D eigenvalue weighted by Crippen LogP contribution is 2.31. The number of nitrogens with one attached hydrogen (secondary N) is 1. The lowest BCUT2D eigenvalue weighted by molar-refractivity contribution is -0.147. The smallest absolute Gasteiger partial charge is 0.351 e. The molecule has 1 fully saturated rings. The third-order valence-electron chi connectivity index (χ3n) is 3.81. The first-order chi connectivity index (χ1) is 11.2. The van der Waals surface area contributed by atoms with Gasteiger partial charge in [0.2, 0.25) is 11.7 Å². The van der Waals surface area contributed by atoms with Crippen molar-refractivity contribution in [3.63, 3.8) is 0 Å². The molecule has 1 aliphatic rings. The number of imidazole rings is 1. The van der Waals surface area contributed by atoms with Gasteiger partial charge in [-0.2, -0.15) is 13.2 Å². The molecule has 130 valence electrons. The minimum atomic E-state index is -4.70. The molecular formula is C14H14F3N3O3S. The van der Waals surface area contributed by atoms with Gasteiger partial charge in [-0.3, -0.25) is 4.79 Å². The molecule has 1 N–H and O–H groups in total. The maximum atomic E-state index is 13.1. The number of hydrogen-bond acceptors (Lipinski definition) is 4. The Balaban J connectivity index is 1.85. The third-order valence-corrected chi connectivity index (χ3v) is 5.58. The van der Waals surface area contributed by atoms with Crippen molar-refractivity contribution < 1.29 is 26.4 Å². The number of carbonyl (C=O) groups is 1. The van der Waals surface area contributed by atoms with E-state index in [2.05, 4.69) is 10.3 Å². The average Bonchev–Trinajstić information content (AvgIpc) is 2.99. The quantitative estimate of drug-likeness (QED) is 0.895. The van der Waals surface area contributed by atoms with Gasteiger partial charge in [-0.15, -0.1) is 0 Å². The molecule has 0 radical (unpaired) electrons. The summed E-state index contributed by atoms with van der Waals surface area (Å²) in [5, 5.41) is 2.48. The highest BCUT2D eigenvalue weighted by molar-refractivity contribution is 7.91. The van der Waals surface area contributed by atoms with Crippen LogP contribution < -0.4 is 5.32 Å². The van der Waals surface area contributed by atoms with Crippen LogP contribution in [0, 0.1) is 0 Å². The molecule has 0 aliphatic carbocycles. The van der Waals surface area contributed by atoms with Gasteiger partial charge in [0.25, 0.3) is 0 Å². The van der Waals surface area contributed by atoms with E-state index in [0.29, 0.717) is 0 Å². The summed E-state index contributed by atoms with van der Waals surface area (Å²) in [7, 11) is -3.18. The van der Waals surface area contributed by atoms with Crippen molar-refractivity contribution in [2.75, 3.05) is 11.5 Å². The fourth-order valence-corrected chi connectivity index (χ4v) is 4.45. The predicted octanol–water partition coefficient (Wildman–Crippen LogP) is 1.36. The number of aromatic nitrogens is 2. The number of amides is 1. The van der Waals surface area contributed by atoms with Crippen LogP contribution in [0.1, 0.15) is 12.2 Å². The number of rotatable bonds is 3. The summed E-state index contributed by atoms with van der Waals surface area (Å²) in [6, 6.07) is 5.44. The molecule has 1 aliphatic heterocycles. The van der Waals surface area contributed by atoms with Gasteiger partial charge in [-0.25, -0.2) is 13.4 Å². The lowest BCUT2D eigenvalue weighted by Crippen LogP contribution is -2.38. The van der Waals surface area contributed by atoms with E-state index in [0.717, 1.165) is 4.57 Å². The van der Waals surface area contributed by atoms with E-state index < -0.39 is 40.3 Å². The minimum Gasteiger partial charge on any atom is -0.351 e. The minimum absolute atomic E-state index is 0.0280. The standard InChI is InChI=1S/C14H14F3N3O3S/c15-14(16,17)13-19-10-3-1-2-4-11(10)20(13)7-12(21)18-9-5-6-24(22,23)8-9/h1-4,9H,5-8H2,(H,18,21). The van der Waals surface area contributed by atoms with Crippen molar-refractivity contribution in [3.8, 4) is 0 Å². The molecule has 3 rings (SSSR count). The van der Waals surface area contributed by atoms with Gasteiger partial charge in [0.05, 0.1) is 22.5 Å². The van der Waals surface area contributed by atoms with E-state index in [-0.39, 0.29) is 29.0 Å². The van der Waals surface area contributed by atoms with Crippen molar-refractivity contribution in [3.05, 3.63) is 30.1 Å². The monoisotopic (exact) mass is 361 g/mol. The number of alkyl halides is 3. The second-order valence-corrected chi connectivity index (χ2v) is 7.90. The molecule has 0 bridgehead atoms. The van der Waals surface area contributed by atoms with Gasteiger partial charge in [-0.05, 0) is 18.6 Å². The zero-order valence-corrected chi connectivity index (χ0v) is 13.2. The average molecular weight is 361 g/mol. The second kappa shape index (κ2) is 5.76. The number of hydrogen-bond donors (Lipinski definition) is 1. The Bertz CT molecular complexity index is 890. The van der Waals surface area contributed by atoms with Gasteiger partial charge in [0.1, 0.15) is 6.54 Å². The number of benzene rings is 1. The van der Waals surface area contributed by atoms with Crippen LogP contribution in [0.25, 0.3) is 11.0 Å². The number of fused-ring (bicyclic) bond motifs is 1. The van der Waals surface area contributed by atoms with Gasteiger partial charge in [-0.1, -0.05) is 12.1 Å². The van der Waals surface area contributed by atoms with Gasteiger partial charge in [0.15, 0.2) is 9.84 Å². The molecule has 2 aromatic rings. The van der Waals surface area contributed by atoms with Gasteiger partial charge < -0.3 is 9.88 Å². The zero-order valence-electron chi connectivity index (χ0n) is 12.4. The van der Waals surface area contributed by atoms with E-state index in [9.17, 15) is 26.4 Å². The molecule has 2 heterocycles. The van der Waals surface area contributed by atoms with E-state index in [1.807, 2.05) is 0 Å². The predicted molar refractivity (Wildman–Crippen MR) is 79.9 cm³/mol. The first-order valence-corrected chi connectivity index (χ1v) is 9.00. The molecule has 1 amide bonds. The Hall–Kier alpha value is -2.10. The lowest BCUT2D eigenvalue weighted by atomic mass is 10.2. The summed E-state index contributed by atoms with van der Waals surface area (Å²) in [5.74, 6) is -2.04.